The second-order valence-electron chi connectivity index (χ2n) is 4.47. The average molecular weight is 249 g/mol. The third kappa shape index (κ3) is 4.37. The molecule has 0 spiro atoms. The van der Waals surface area contributed by atoms with Crippen LogP contribution in [-0.2, 0) is 16.1 Å². The predicted octanol–water partition coefficient (Wildman–Crippen LogP) is 1.88. The largest absolute Gasteiger partial charge is 0.493 e. The third-order valence-corrected chi connectivity index (χ3v) is 2.90. The van der Waals surface area contributed by atoms with Crippen molar-refractivity contribution in [3.05, 3.63) is 29.8 Å². The maximum atomic E-state index is 10.9. The molecule has 0 radical (unpaired) electrons. The van der Waals surface area contributed by atoms with Crippen molar-refractivity contribution in [2.45, 2.75) is 31.8 Å². The molecule has 0 aromatic heterocycles. The van der Waals surface area contributed by atoms with Crippen molar-refractivity contribution in [3.63, 3.8) is 0 Å². The molecule has 0 amide bonds. The zero-order valence-electron chi connectivity index (χ0n) is 10.6. The fraction of sp³-hybridized carbons (Fsp3) is 0.500. The number of hydrogen-bond donors (Lipinski definition) is 1. The van der Waals surface area contributed by atoms with Crippen LogP contribution in [0.4, 0.5) is 0 Å². The molecule has 98 valence electrons. The monoisotopic (exact) mass is 249 g/mol. The van der Waals surface area contributed by atoms with E-state index in [1.807, 2.05) is 24.3 Å². The summed E-state index contributed by atoms with van der Waals surface area (Å²) in [6.07, 6.45) is 2.88. The zero-order valence-corrected chi connectivity index (χ0v) is 10.6. The highest BCUT2D eigenvalue weighted by atomic mass is 16.5. The molecule has 1 fully saturated rings. The molecule has 0 unspecified atom stereocenters. The van der Waals surface area contributed by atoms with Gasteiger partial charge < -0.3 is 14.8 Å². The quantitative estimate of drug-likeness (QED) is 0.750. The van der Waals surface area contributed by atoms with E-state index in [0.717, 1.165) is 18.3 Å². The number of methoxy groups -OCH3 is 1. The molecule has 4 heteroatoms. The van der Waals surface area contributed by atoms with E-state index in [4.69, 9.17) is 4.74 Å². The third-order valence-electron chi connectivity index (χ3n) is 2.90. The number of ether oxygens (including phenoxy) is 2. The van der Waals surface area contributed by atoms with Crippen LogP contribution in [0.3, 0.4) is 0 Å². The van der Waals surface area contributed by atoms with Crippen LogP contribution >= 0.6 is 0 Å². The van der Waals surface area contributed by atoms with Crippen molar-refractivity contribution >= 4 is 5.97 Å². The minimum Gasteiger partial charge on any atom is -0.493 e. The summed E-state index contributed by atoms with van der Waals surface area (Å²) < 4.78 is 9.99. The van der Waals surface area contributed by atoms with Crippen molar-refractivity contribution < 1.29 is 14.3 Å². The summed E-state index contributed by atoms with van der Waals surface area (Å²) in [7, 11) is 1.38. The first kappa shape index (κ1) is 12.9. The molecule has 4 nitrogen and oxygen atoms in total. The molecule has 0 saturated heterocycles. The van der Waals surface area contributed by atoms with E-state index in [2.05, 4.69) is 10.1 Å². The van der Waals surface area contributed by atoms with Gasteiger partial charge in [-0.25, -0.2) is 0 Å². The molecule has 18 heavy (non-hydrogen) atoms. The Morgan fingerprint density at radius 2 is 2.06 bits per heavy atom. The van der Waals surface area contributed by atoms with E-state index in [1.54, 1.807) is 0 Å². The van der Waals surface area contributed by atoms with Gasteiger partial charge >= 0.3 is 5.97 Å². The van der Waals surface area contributed by atoms with Gasteiger partial charge in [0.05, 0.1) is 20.1 Å². The summed E-state index contributed by atoms with van der Waals surface area (Å²) in [5, 5.41) is 3.46. The maximum absolute atomic E-state index is 10.9. The van der Waals surface area contributed by atoms with Gasteiger partial charge in [-0.05, 0) is 30.5 Å². The molecule has 1 aromatic carbocycles. The van der Waals surface area contributed by atoms with E-state index >= 15 is 0 Å². The molecule has 1 aliphatic rings. The van der Waals surface area contributed by atoms with Gasteiger partial charge in [-0.15, -0.1) is 0 Å². The Bertz CT molecular complexity index is 385. The van der Waals surface area contributed by atoms with Gasteiger partial charge in [-0.1, -0.05) is 12.1 Å². The molecule has 0 aliphatic heterocycles. The highest BCUT2D eigenvalue weighted by Crippen LogP contribution is 2.19. The molecule has 1 aliphatic carbocycles. The molecule has 0 heterocycles. The van der Waals surface area contributed by atoms with Crippen molar-refractivity contribution in [2.24, 2.45) is 0 Å². The van der Waals surface area contributed by atoms with Gasteiger partial charge in [0, 0.05) is 12.6 Å². The average Bonchev–Trinajstić information content (AvgIpc) is 3.21. The summed E-state index contributed by atoms with van der Waals surface area (Å²) >= 11 is 0. The zero-order chi connectivity index (χ0) is 12.8. The van der Waals surface area contributed by atoms with Crippen LogP contribution in [0.1, 0.15) is 24.8 Å². The lowest BCUT2D eigenvalue weighted by Gasteiger charge is -2.07. The fourth-order valence-corrected chi connectivity index (χ4v) is 1.61. The highest BCUT2D eigenvalue weighted by molar-refractivity contribution is 5.69. The number of carbonyl (C=O) groups excluding carboxylic acids is 1. The van der Waals surface area contributed by atoms with Crippen molar-refractivity contribution in [3.8, 4) is 5.75 Å². The first-order chi connectivity index (χ1) is 8.78. The normalized spacial score (nSPS) is 14.3. The van der Waals surface area contributed by atoms with Crippen LogP contribution in [0.2, 0.25) is 0 Å². The molecular weight excluding hydrogens is 230 g/mol. The Hall–Kier alpha value is -1.55. The number of nitrogens with one attached hydrogen (secondary N) is 1. The van der Waals surface area contributed by atoms with Crippen LogP contribution in [0, 0.1) is 0 Å². The van der Waals surface area contributed by atoms with E-state index in [1.165, 1.54) is 25.5 Å². The van der Waals surface area contributed by atoms with Crippen LogP contribution in [0.25, 0.3) is 0 Å². The molecule has 1 aromatic rings. The summed E-state index contributed by atoms with van der Waals surface area (Å²) in [6.45, 7) is 1.26. The van der Waals surface area contributed by atoms with Crippen molar-refractivity contribution in [2.75, 3.05) is 13.7 Å². The lowest BCUT2D eigenvalue weighted by atomic mass is 10.2. The van der Waals surface area contributed by atoms with E-state index in [0.29, 0.717) is 6.61 Å². The van der Waals surface area contributed by atoms with Crippen LogP contribution in [0.15, 0.2) is 24.3 Å². The van der Waals surface area contributed by atoms with E-state index in [9.17, 15) is 4.79 Å². The number of benzene rings is 1. The maximum Gasteiger partial charge on any atom is 0.308 e. The molecular formula is C14H19NO3. The molecule has 1 saturated carbocycles. The van der Waals surface area contributed by atoms with Crippen molar-refractivity contribution in [1.82, 2.24) is 5.32 Å². The lowest BCUT2D eigenvalue weighted by Crippen LogP contribution is -2.15. The Morgan fingerprint density at radius 1 is 1.33 bits per heavy atom. The van der Waals surface area contributed by atoms with Crippen molar-refractivity contribution in [1.29, 1.82) is 0 Å². The lowest BCUT2D eigenvalue weighted by molar-refractivity contribution is -0.141. The summed E-state index contributed by atoms with van der Waals surface area (Å²) in [4.78, 5) is 10.9. The Labute approximate surface area is 107 Å². The molecule has 0 bridgehead atoms. The minimum atomic E-state index is -0.250. The highest BCUT2D eigenvalue weighted by Gasteiger charge is 2.19. The van der Waals surface area contributed by atoms with Gasteiger partial charge in [0.2, 0.25) is 0 Å². The molecule has 0 atom stereocenters. The number of rotatable bonds is 7. The SMILES string of the molecule is COC(=O)CCOc1ccc(CNC2CC2)cc1. The van der Waals surface area contributed by atoms with E-state index in [-0.39, 0.29) is 12.4 Å². The summed E-state index contributed by atoms with van der Waals surface area (Å²) in [5.41, 5.74) is 1.25. The fourth-order valence-electron chi connectivity index (χ4n) is 1.61. The number of carbonyl (C=O) groups is 1. The van der Waals surface area contributed by atoms with Crippen LogP contribution in [0.5, 0.6) is 5.75 Å². The smallest absolute Gasteiger partial charge is 0.308 e. The second kappa shape index (κ2) is 6.40. The number of hydrogen-bond acceptors (Lipinski definition) is 4. The van der Waals surface area contributed by atoms with E-state index < -0.39 is 0 Å². The van der Waals surface area contributed by atoms with Crippen LogP contribution < -0.4 is 10.1 Å². The van der Waals surface area contributed by atoms with Gasteiger partial charge in [0.15, 0.2) is 0 Å². The summed E-state index contributed by atoms with van der Waals surface area (Å²) in [5.74, 6) is 0.536. The minimum absolute atomic E-state index is 0.250. The molecule has 1 N–H and O–H groups in total. The van der Waals surface area contributed by atoms with Gasteiger partial charge in [-0.3, -0.25) is 4.79 Å². The topological polar surface area (TPSA) is 47.6 Å². The molecule has 2 rings (SSSR count). The Kier molecular flexibility index (Phi) is 4.59. The Morgan fingerprint density at radius 3 is 2.67 bits per heavy atom. The van der Waals surface area contributed by atoms with Gasteiger partial charge in [0.25, 0.3) is 0 Å². The first-order valence-electron chi connectivity index (χ1n) is 6.30. The predicted molar refractivity (Wildman–Crippen MR) is 68.4 cm³/mol. The first-order valence-corrected chi connectivity index (χ1v) is 6.30. The standard InChI is InChI=1S/C14H19NO3/c1-17-14(16)8-9-18-13-6-2-11(3-7-13)10-15-12-4-5-12/h2-3,6-7,12,15H,4-5,8-10H2,1H3. The van der Waals surface area contributed by atoms with Crippen LogP contribution in [-0.4, -0.2) is 25.7 Å². The number of esters is 1. The Balaban J connectivity index is 1.70. The van der Waals surface area contributed by atoms with Gasteiger partial charge in [0.1, 0.15) is 5.75 Å². The second-order valence-corrected chi connectivity index (χ2v) is 4.47. The summed E-state index contributed by atoms with van der Waals surface area (Å²) in [6, 6.07) is 8.68. The van der Waals surface area contributed by atoms with Gasteiger partial charge in [-0.2, -0.15) is 0 Å².